The lowest BCUT2D eigenvalue weighted by atomic mass is 10.0. The zero-order valence-electron chi connectivity index (χ0n) is 25.9. The Labute approximate surface area is 280 Å². The quantitative estimate of drug-likeness (QED) is 0.159. The summed E-state index contributed by atoms with van der Waals surface area (Å²) in [5.41, 5.74) is 1.70. The lowest BCUT2D eigenvalue weighted by molar-refractivity contribution is -0.140. The van der Waals surface area contributed by atoms with Crippen molar-refractivity contribution in [3.8, 4) is 5.75 Å². The van der Waals surface area contributed by atoms with Crippen molar-refractivity contribution in [1.82, 2.24) is 10.2 Å². The summed E-state index contributed by atoms with van der Waals surface area (Å²) in [5.74, 6) is -0.671. The highest BCUT2D eigenvalue weighted by atomic mass is 35.5. The van der Waals surface area contributed by atoms with Gasteiger partial charge in [0, 0.05) is 29.1 Å². The Balaban J connectivity index is 1.84. The fourth-order valence-electron chi connectivity index (χ4n) is 4.95. The third-order valence-electron chi connectivity index (χ3n) is 7.06. The van der Waals surface area contributed by atoms with E-state index < -0.39 is 28.5 Å². The molecular formula is C35H37Cl2N3O5S. The number of ether oxygens (including phenoxy) is 1. The normalized spacial score (nSPS) is 12.0. The number of amides is 2. The molecule has 0 saturated carbocycles. The average molecular weight is 683 g/mol. The molecule has 4 rings (SSSR count). The molecule has 2 amide bonds. The molecule has 0 fully saturated rings. The molecule has 0 aliphatic carbocycles. The van der Waals surface area contributed by atoms with Crippen LogP contribution in [-0.2, 0) is 32.6 Å². The number of nitrogens with one attached hydrogen (secondary N) is 1. The summed E-state index contributed by atoms with van der Waals surface area (Å²) >= 11 is 12.4. The maximum atomic E-state index is 14.6. The molecule has 46 heavy (non-hydrogen) atoms. The van der Waals surface area contributed by atoms with E-state index in [1.54, 1.807) is 55.5 Å². The van der Waals surface area contributed by atoms with Crippen LogP contribution >= 0.6 is 23.2 Å². The maximum Gasteiger partial charge on any atom is 0.264 e. The highest BCUT2D eigenvalue weighted by molar-refractivity contribution is 7.92. The van der Waals surface area contributed by atoms with Gasteiger partial charge >= 0.3 is 0 Å². The van der Waals surface area contributed by atoms with Crippen molar-refractivity contribution < 1.29 is 22.7 Å². The molecule has 0 aliphatic heterocycles. The van der Waals surface area contributed by atoms with E-state index >= 15 is 0 Å². The topological polar surface area (TPSA) is 96.0 Å². The van der Waals surface area contributed by atoms with Crippen molar-refractivity contribution >= 4 is 50.7 Å². The first-order valence-corrected chi connectivity index (χ1v) is 17.1. The van der Waals surface area contributed by atoms with Gasteiger partial charge in [-0.25, -0.2) is 8.42 Å². The van der Waals surface area contributed by atoms with Crippen molar-refractivity contribution in [3.63, 3.8) is 0 Å². The molecule has 0 spiro atoms. The molecule has 1 N–H and O–H groups in total. The second kappa shape index (κ2) is 16.0. The van der Waals surface area contributed by atoms with E-state index in [4.69, 9.17) is 27.9 Å². The van der Waals surface area contributed by atoms with Gasteiger partial charge in [-0.1, -0.05) is 77.8 Å². The minimum Gasteiger partial charge on any atom is -0.492 e. The van der Waals surface area contributed by atoms with Crippen LogP contribution < -0.4 is 14.4 Å². The van der Waals surface area contributed by atoms with E-state index in [1.807, 2.05) is 44.2 Å². The fourth-order valence-corrected chi connectivity index (χ4v) is 6.72. The van der Waals surface area contributed by atoms with E-state index in [9.17, 15) is 18.0 Å². The first-order valence-electron chi connectivity index (χ1n) is 14.9. The summed E-state index contributed by atoms with van der Waals surface area (Å²) in [4.78, 5) is 29.8. The largest absolute Gasteiger partial charge is 0.492 e. The van der Waals surface area contributed by atoms with Gasteiger partial charge in [0.1, 0.15) is 18.3 Å². The van der Waals surface area contributed by atoms with Crippen molar-refractivity contribution in [2.45, 2.75) is 50.7 Å². The SMILES string of the molecule is CCOc1ccccc1N(CC(=O)N(Cc1cccc(Cl)c1)[C@@H](Cc1ccccc1)C(=O)NC(C)C)S(=O)(=O)c1ccc(Cl)cc1. The third-order valence-corrected chi connectivity index (χ3v) is 9.32. The van der Waals surface area contributed by atoms with E-state index in [0.717, 1.165) is 9.87 Å². The molecule has 11 heteroatoms. The first kappa shape index (κ1) is 34.8. The van der Waals surface area contributed by atoms with Crippen LogP contribution in [0.25, 0.3) is 0 Å². The van der Waals surface area contributed by atoms with Crippen LogP contribution in [-0.4, -0.2) is 50.4 Å². The van der Waals surface area contributed by atoms with Gasteiger partial charge < -0.3 is 15.0 Å². The van der Waals surface area contributed by atoms with E-state index in [0.29, 0.717) is 15.6 Å². The summed E-state index contributed by atoms with van der Waals surface area (Å²) in [6.45, 7) is 5.13. The van der Waals surface area contributed by atoms with Crippen LogP contribution in [0.3, 0.4) is 0 Å². The van der Waals surface area contributed by atoms with Crippen LogP contribution in [0, 0.1) is 0 Å². The summed E-state index contributed by atoms with van der Waals surface area (Å²) in [5, 5.41) is 3.78. The molecule has 8 nitrogen and oxygen atoms in total. The molecule has 242 valence electrons. The number of nitrogens with zero attached hydrogens (tertiary/aromatic N) is 2. The second-order valence-electron chi connectivity index (χ2n) is 10.9. The molecule has 1 atom stereocenters. The Morgan fingerprint density at radius 3 is 2.13 bits per heavy atom. The Hall–Kier alpha value is -4.05. The highest BCUT2D eigenvalue weighted by Gasteiger charge is 2.35. The molecule has 0 radical (unpaired) electrons. The van der Waals surface area contributed by atoms with E-state index in [1.165, 1.54) is 29.2 Å². The lowest BCUT2D eigenvalue weighted by Gasteiger charge is -2.34. The lowest BCUT2D eigenvalue weighted by Crippen LogP contribution is -2.54. The standard InChI is InChI=1S/C35H37Cl2N3O5S/c1-4-45-33-16-9-8-15-31(33)40(46(43,44)30-19-17-28(36)18-20-30)24-34(41)39(23-27-13-10-14-29(37)21-27)32(35(42)38-25(2)3)22-26-11-6-5-7-12-26/h5-21,25,32H,4,22-24H2,1-3H3,(H,38,42)/t32-/m0/s1. The number of para-hydroxylation sites is 2. The molecule has 0 unspecified atom stereocenters. The van der Waals surface area contributed by atoms with Crippen molar-refractivity contribution in [2.75, 3.05) is 17.5 Å². The molecule has 0 saturated heterocycles. The van der Waals surface area contributed by atoms with Gasteiger partial charge in [0.05, 0.1) is 17.2 Å². The Morgan fingerprint density at radius 1 is 0.826 bits per heavy atom. The Bertz CT molecular complexity index is 1730. The van der Waals surface area contributed by atoms with Gasteiger partial charge in [0.2, 0.25) is 11.8 Å². The van der Waals surface area contributed by atoms with Crippen molar-refractivity contribution in [1.29, 1.82) is 0 Å². The number of rotatable bonds is 14. The zero-order chi connectivity index (χ0) is 33.3. The second-order valence-corrected chi connectivity index (χ2v) is 13.6. The van der Waals surface area contributed by atoms with Gasteiger partial charge in [-0.2, -0.15) is 0 Å². The van der Waals surface area contributed by atoms with Crippen molar-refractivity contribution in [2.24, 2.45) is 0 Å². The summed E-state index contributed by atoms with van der Waals surface area (Å²) < 4.78 is 35.3. The zero-order valence-corrected chi connectivity index (χ0v) is 28.2. The van der Waals surface area contributed by atoms with E-state index in [2.05, 4.69) is 5.32 Å². The summed E-state index contributed by atoms with van der Waals surface area (Å²) in [6.07, 6.45) is 0.200. The van der Waals surface area contributed by atoms with Gasteiger partial charge in [0.15, 0.2) is 0 Å². The smallest absolute Gasteiger partial charge is 0.264 e. The number of carbonyl (C=O) groups excluding carboxylic acids is 2. The number of hydrogen-bond donors (Lipinski definition) is 1. The van der Waals surface area contributed by atoms with Gasteiger partial charge in [-0.05, 0) is 80.4 Å². The predicted molar refractivity (Wildman–Crippen MR) is 183 cm³/mol. The number of benzene rings is 4. The van der Waals surface area contributed by atoms with Crippen LogP contribution in [0.4, 0.5) is 5.69 Å². The van der Waals surface area contributed by atoms with Crippen LogP contribution in [0.5, 0.6) is 5.75 Å². The van der Waals surface area contributed by atoms with Gasteiger partial charge in [0.25, 0.3) is 10.0 Å². The molecule has 0 aromatic heterocycles. The minimum absolute atomic E-state index is 0.00431. The van der Waals surface area contributed by atoms with Gasteiger partial charge in [-0.3, -0.25) is 13.9 Å². The third kappa shape index (κ3) is 9.02. The maximum absolute atomic E-state index is 14.6. The van der Waals surface area contributed by atoms with E-state index in [-0.39, 0.29) is 47.9 Å². The molecule has 0 heterocycles. The molecular weight excluding hydrogens is 645 g/mol. The number of sulfonamides is 1. The molecule has 4 aromatic rings. The Morgan fingerprint density at radius 2 is 1.48 bits per heavy atom. The summed E-state index contributed by atoms with van der Waals surface area (Å²) in [6, 6.07) is 27.5. The molecule has 0 bridgehead atoms. The monoisotopic (exact) mass is 681 g/mol. The van der Waals surface area contributed by atoms with Crippen LogP contribution in [0.1, 0.15) is 31.9 Å². The predicted octanol–water partition coefficient (Wildman–Crippen LogP) is 6.75. The van der Waals surface area contributed by atoms with Crippen molar-refractivity contribution in [3.05, 3.63) is 124 Å². The molecule has 0 aliphatic rings. The Kier molecular flexibility index (Phi) is 12.1. The molecule has 4 aromatic carbocycles. The number of carbonyl (C=O) groups is 2. The summed E-state index contributed by atoms with van der Waals surface area (Å²) in [7, 11) is -4.32. The first-order chi connectivity index (χ1) is 22.0. The number of anilines is 1. The fraction of sp³-hybridized carbons (Fsp3) is 0.257. The van der Waals surface area contributed by atoms with Crippen LogP contribution in [0.15, 0.2) is 108 Å². The minimum atomic E-state index is -4.32. The van der Waals surface area contributed by atoms with Crippen LogP contribution in [0.2, 0.25) is 10.0 Å². The van der Waals surface area contributed by atoms with Gasteiger partial charge in [-0.15, -0.1) is 0 Å². The average Bonchev–Trinajstić information content (AvgIpc) is 3.02. The number of hydrogen-bond acceptors (Lipinski definition) is 5. The number of halogens is 2. The highest BCUT2D eigenvalue weighted by Crippen LogP contribution is 2.33.